The zero-order valence-electron chi connectivity index (χ0n) is 18.0. The summed E-state index contributed by atoms with van der Waals surface area (Å²) in [5.74, 6) is -0.453. The maximum atomic E-state index is 13.8. The standard InChI is InChI=1S/C23H24ClFN4O3S/c1-32-23(31)19-18(11-29-13-3-4-14(29)10-15(30)9-13)27-21(22-26-6-7-33-22)28-20(19)16-5-2-12(25)8-17(16)24/h2,5-8,13-15,20,30H,3-4,9-11H2,1H3,(H,27,28)/t13-,14+,15+,20-/m0/s1. The van der Waals surface area contributed by atoms with Gasteiger partial charge in [0, 0.05) is 46.5 Å². The highest BCUT2D eigenvalue weighted by Crippen LogP contribution is 2.40. The molecule has 1 aromatic carbocycles. The van der Waals surface area contributed by atoms with Crippen molar-refractivity contribution in [3.63, 3.8) is 0 Å². The third-order valence-corrected chi connectivity index (χ3v) is 7.73. The van der Waals surface area contributed by atoms with E-state index in [1.165, 1.54) is 30.6 Å². The average molecular weight is 491 g/mol. The summed E-state index contributed by atoms with van der Waals surface area (Å²) < 4.78 is 18.9. The van der Waals surface area contributed by atoms with Crippen LogP contribution < -0.4 is 5.32 Å². The Labute approximate surface area is 199 Å². The normalized spacial score (nSPS) is 27.3. The Hall–Kier alpha value is -2.33. The molecule has 3 aliphatic heterocycles. The number of benzene rings is 1. The lowest BCUT2D eigenvalue weighted by atomic mass is 9.94. The molecule has 0 saturated carbocycles. The van der Waals surface area contributed by atoms with E-state index in [2.05, 4.69) is 15.2 Å². The number of hydrogen-bond acceptors (Lipinski definition) is 8. The Morgan fingerprint density at radius 3 is 2.76 bits per heavy atom. The monoisotopic (exact) mass is 490 g/mol. The van der Waals surface area contributed by atoms with Crippen molar-refractivity contribution in [2.45, 2.75) is 49.9 Å². The number of ether oxygens (including phenoxy) is 1. The molecule has 2 aromatic rings. The lowest BCUT2D eigenvalue weighted by Gasteiger charge is -2.39. The van der Waals surface area contributed by atoms with E-state index in [0.717, 1.165) is 25.7 Å². The number of aliphatic hydroxyl groups is 1. The van der Waals surface area contributed by atoms with Crippen molar-refractivity contribution in [2.75, 3.05) is 13.7 Å². The van der Waals surface area contributed by atoms with Crippen LogP contribution in [0.15, 0.2) is 46.0 Å². The van der Waals surface area contributed by atoms with E-state index in [1.807, 2.05) is 5.38 Å². The van der Waals surface area contributed by atoms with Crippen molar-refractivity contribution in [1.29, 1.82) is 0 Å². The molecule has 0 unspecified atom stereocenters. The first-order valence-corrected chi connectivity index (χ1v) is 12.1. The number of nitrogens with one attached hydrogen (secondary N) is 1. The summed E-state index contributed by atoms with van der Waals surface area (Å²) in [5, 5.41) is 16.3. The number of carbonyl (C=O) groups is 1. The third kappa shape index (κ3) is 4.30. The molecule has 0 amide bonds. The second-order valence-electron chi connectivity index (χ2n) is 8.57. The van der Waals surface area contributed by atoms with Gasteiger partial charge in [-0.05, 0) is 37.8 Å². The number of rotatable bonds is 5. The number of fused-ring (bicyclic) bond motifs is 2. The van der Waals surface area contributed by atoms with Gasteiger partial charge in [-0.3, -0.25) is 9.89 Å². The molecule has 0 radical (unpaired) electrons. The number of aromatic nitrogens is 1. The molecule has 33 heavy (non-hydrogen) atoms. The van der Waals surface area contributed by atoms with Crippen LogP contribution in [0.2, 0.25) is 5.02 Å². The third-order valence-electron chi connectivity index (χ3n) is 6.62. The average Bonchev–Trinajstić information content (AvgIpc) is 3.40. The van der Waals surface area contributed by atoms with Gasteiger partial charge < -0.3 is 15.2 Å². The first-order chi connectivity index (χ1) is 15.9. The van der Waals surface area contributed by atoms with Gasteiger partial charge in [0.15, 0.2) is 10.8 Å². The SMILES string of the molecule is COC(=O)C1=C(CN2[C@@H]3CC[C@H]2C[C@@H](O)C3)NC(c2nccs2)=N[C@H]1c1ccc(F)cc1Cl. The molecule has 5 rings (SSSR count). The van der Waals surface area contributed by atoms with Gasteiger partial charge in [-0.15, -0.1) is 11.3 Å². The number of hydrogen-bond donors (Lipinski definition) is 2. The molecule has 0 aliphatic carbocycles. The van der Waals surface area contributed by atoms with Crippen molar-refractivity contribution < 1.29 is 19.0 Å². The highest BCUT2D eigenvalue weighted by Gasteiger charge is 2.42. The number of methoxy groups -OCH3 is 1. The van der Waals surface area contributed by atoms with E-state index in [4.69, 9.17) is 21.3 Å². The van der Waals surface area contributed by atoms with Crippen LogP contribution in [0, 0.1) is 5.82 Å². The number of halogens is 2. The van der Waals surface area contributed by atoms with Gasteiger partial charge in [0.25, 0.3) is 0 Å². The van der Waals surface area contributed by atoms with Crippen LogP contribution in [-0.2, 0) is 9.53 Å². The molecule has 4 atom stereocenters. The van der Waals surface area contributed by atoms with Gasteiger partial charge >= 0.3 is 5.97 Å². The van der Waals surface area contributed by atoms with Crippen LogP contribution in [0.5, 0.6) is 0 Å². The van der Waals surface area contributed by atoms with Crippen molar-refractivity contribution >= 4 is 34.7 Å². The Morgan fingerprint density at radius 2 is 2.12 bits per heavy atom. The number of thiazole rings is 1. The van der Waals surface area contributed by atoms with Gasteiger partial charge in [-0.1, -0.05) is 17.7 Å². The van der Waals surface area contributed by atoms with Gasteiger partial charge in [-0.2, -0.15) is 0 Å². The summed E-state index contributed by atoms with van der Waals surface area (Å²) in [7, 11) is 1.33. The number of piperidine rings is 1. The smallest absolute Gasteiger partial charge is 0.338 e. The summed E-state index contributed by atoms with van der Waals surface area (Å²) in [6.45, 7) is 0.478. The summed E-state index contributed by atoms with van der Waals surface area (Å²) in [6, 6.07) is 3.82. The molecule has 10 heteroatoms. The molecule has 7 nitrogen and oxygen atoms in total. The molecule has 174 valence electrons. The lowest BCUT2D eigenvalue weighted by molar-refractivity contribution is -0.136. The minimum atomic E-state index is -0.770. The zero-order chi connectivity index (χ0) is 23.1. The summed E-state index contributed by atoms with van der Waals surface area (Å²) in [4.78, 5) is 24.5. The Morgan fingerprint density at radius 1 is 1.36 bits per heavy atom. The lowest BCUT2D eigenvalue weighted by Crippen LogP contribution is -2.48. The fraction of sp³-hybridized carbons (Fsp3) is 0.435. The molecular weight excluding hydrogens is 467 g/mol. The fourth-order valence-corrected chi connectivity index (χ4v) is 6.01. The van der Waals surface area contributed by atoms with Crippen molar-refractivity contribution in [1.82, 2.24) is 15.2 Å². The predicted molar refractivity (Wildman–Crippen MR) is 124 cm³/mol. The largest absolute Gasteiger partial charge is 0.466 e. The van der Waals surface area contributed by atoms with Gasteiger partial charge in [-0.25, -0.2) is 14.2 Å². The van der Waals surface area contributed by atoms with E-state index in [-0.39, 0.29) is 23.2 Å². The number of aliphatic hydroxyl groups excluding tert-OH is 1. The van der Waals surface area contributed by atoms with Gasteiger partial charge in [0.05, 0.1) is 18.8 Å². The van der Waals surface area contributed by atoms with E-state index < -0.39 is 17.8 Å². The van der Waals surface area contributed by atoms with Crippen molar-refractivity contribution in [2.24, 2.45) is 4.99 Å². The molecule has 4 heterocycles. The summed E-state index contributed by atoms with van der Waals surface area (Å²) in [5.41, 5.74) is 1.53. The fourth-order valence-electron chi connectivity index (χ4n) is 5.15. The minimum absolute atomic E-state index is 0.186. The van der Waals surface area contributed by atoms with Crippen LogP contribution in [0.3, 0.4) is 0 Å². The number of carbonyl (C=O) groups excluding carboxylic acids is 1. The quantitative estimate of drug-likeness (QED) is 0.624. The number of esters is 1. The molecule has 3 aliphatic rings. The molecule has 2 bridgehead atoms. The van der Waals surface area contributed by atoms with Gasteiger partial charge in [0.1, 0.15) is 11.9 Å². The summed E-state index contributed by atoms with van der Waals surface area (Å²) >= 11 is 7.83. The van der Waals surface area contributed by atoms with E-state index >= 15 is 0 Å². The maximum Gasteiger partial charge on any atom is 0.338 e. The Bertz CT molecular complexity index is 1110. The maximum absolute atomic E-state index is 13.8. The van der Waals surface area contributed by atoms with E-state index in [0.29, 0.717) is 34.2 Å². The Balaban J connectivity index is 1.60. The van der Waals surface area contributed by atoms with E-state index in [1.54, 1.807) is 12.3 Å². The number of nitrogens with zero attached hydrogens (tertiary/aromatic N) is 3. The molecule has 2 saturated heterocycles. The predicted octanol–water partition coefficient (Wildman–Crippen LogP) is 3.44. The molecule has 2 N–H and O–H groups in total. The first-order valence-electron chi connectivity index (χ1n) is 10.9. The Kier molecular flexibility index (Phi) is 6.22. The highest BCUT2D eigenvalue weighted by molar-refractivity contribution is 7.11. The molecule has 2 fully saturated rings. The number of aliphatic imine (C=N–C) groups is 1. The minimum Gasteiger partial charge on any atom is -0.466 e. The topological polar surface area (TPSA) is 87.0 Å². The van der Waals surface area contributed by atoms with Crippen molar-refractivity contribution in [3.8, 4) is 0 Å². The molecule has 0 spiro atoms. The highest BCUT2D eigenvalue weighted by atomic mass is 35.5. The molecule has 1 aromatic heterocycles. The second kappa shape index (κ2) is 9.13. The second-order valence-corrected chi connectivity index (χ2v) is 9.88. The van der Waals surface area contributed by atoms with Crippen LogP contribution in [0.4, 0.5) is 4.39 Å². The van der Waals surface area contributed by atoms with Crippen LogP contribution in [0.1, 0.15) is 42.3 Å². The zero-order valence-corrected chi connectivity index (χ0v) is 19.6. The molecular formula is C23H24ClFN4O3S. The van der Waals surface area contributed by atoms with Crippen LogP contribution >= 0.6 is 22.9 Å². The number of amidine groups is 1. The summed E-state index contributed by atoms with van der Waals surface area (Å²) in [6.07, 6.45) is 4.88. The van der Waals surface area contributed by atoms with Gasteiger partial charge in [0.2, 0.25) is 0 Å². The van der Waals surface area contributed by atoms with Crippen molar-refractivity contribution in [3.05, 3.63) is 62.5 Å². The van der Waals surface area contributed by atoms with Crippen LogP contribution in [-0.4, -0.2) is 58.6 Å². The first kappa shape index (κ1) is 22.5. The van der Waals surface area contributed by atoms with E-state index in [9.17, 15) is 14.3 Å². The van der Waals surface area contributed by atoms with Crippen LogP contribution in [0.25, 0.3) is 0 Å².